The van der Waals surface area contributed by atoms with E-state index in [0.717, 1.165) is 0 Å². The number of ether oxygens (including phenoxy) is 2. The van der Waals surface area contributed by atoms with Gasteiger partial charge in [-0.1, -0.05) is 6.92 Å². The standard InChI is InChI=1S/C12H19N3O4/c1-5-8-10(13)11(15(4)14-8)12(17)18-6-9(16)19-7(2)3/h7H,5-6,13H2,1-4H3. The molecule has 0 aromatic carbocycles. The second-order valence-electron chi connectivity index (χ2n) is 4.30. The lowest BCUT2D eigenvalue weighted by Crippen LogP contribution is -2.21. The van der Waals surface area contributed by atoms with E-state index in [1.54, 1.807) is 20.9 Å². The predicted octanol–water partition coefficient (Wildman–Crippen LogP) is 0.673. The highest BCUT2D eigenvalue weighted by atomic mass is 16.6. The molecule has 0 aliphatic carbocycles. The van der Waals surface area contributed by atoms with Crippen LogP contribution in [-0.4, -0.2) is 34.4 Å². The molecule has 0 bridgehead atoms. The van der Waals surface area contributed by atoms with Gasteiger partial charge in [-0.15, -0.1) is 0 Å². The number of anilines is 1. The lowest BCUT2D eigenvalue weighted by molar-refractivity contribution is -0.151. The van der Waals surface area contributed by atoms with Crippen molar-refractivity contribution in [3.05, 3.63) is 11.4 Å². The van der Waals surface area contributed by atoms with Crippen LogP contribution in [0.1, 0.15) is 37.0 Å². The third-order valence-corrected chi connectivity index (χ3v) is 2.38. The quantitative estimate of drug-likeness (QED) is 0.789. The minimum Gasteiger partial charge on any atom is -0.460 e. The Bertz CT molecular complexity index is 480. The molecule has 0 radical (unpaired) electrons. The Kier molecular flexibility index (Phi) is 4.91. The first-order valence-electron chi connectivity index (χ1n) is 6.04. The summed E-state index contributed by atoms with van der Waals surface area (Å²) in [5.74, 6) is -1.28. The van der Waals surface area contributed by atoms with Crippen molar-refractivity contribution in [3.63, 3.8) is 0 Å². The molecule has 0 atom stereocenters. The van der Waals surface area contributed by atoms with Crippen molar-refractivity contribution in [2.45, 2.75) is 33.3 Å². The molecule has 0 saturated carbocycles. The minimum absolute atomic E-state index is 0.147. The molecule has 7 heteroatoms. The largest absolute Gasteiger partial charge is 0.460 e. The molecule has 1 aromatic rings. The van der Waals surface area contributed by atoms with Gasteiger partial charge in [0.05, 0.1) is 17.5 Å². The first-order valence-corrected chi connectivity index (χ1v) is 6.04. The molecule has 0 unspecified atom stereocenters. The monoisotopic (exact) mass is 269 g/mol. The van der Waals surface area contributed by atoms with E-state index in [1.807, 2.05) is 6.92 Å². The first kappa shape index (κ1) is 15.0. The topological polar surface area (TPSA) is 96.4 Å². The van der Waals surface area contributed by atoms with Crippen molar-refractivity contribution in [2.75, 3.05) is 12.3 Å². The zero-order valence-corrected chi connectivity index (χ0v) is 11.6. The van der Waals surface area contributed by atoms with Crippen LogP contribution in [0.15, 0.2) is 0 Å². The lowest BCUT2D eigenvalue weighted by Gasteiger charge is -2.08. The van der Waals surface area contributed by atoms with Crippen molar-refractivity contribution >= 4 is 17.6 Å². The molecule has 2 N–H and O–H groups in total. The predicted molar refractivity (Wildman–Crippen MR) is 68.5 cm³/mol. The highest BCUT2D eigenvalue weighted by Gasteiger charge is 2.21. The molecule has 1 rings (SSSR count). The number of hydrogen-bond donors (Lipinski definition) is 1. The van der Waals surface area contributed by atoms with E-state index >= 15 is 0 Å². The highest BCUT2D eigenvalue weighted by Crippen LogP contribution is 2.17. The number of rotatable bonds is 5. The maximum Gasteiger partial charge on any atom is 0.359 e. The number of carbonyl (C=O) groups excluding carboxylic acids is 2. The van der Waals surface area contributed by atoms with Crippen molar-refractivity contribution in [1.82, 2.24) is 9.78 Å². The summed E-state index contributed by atoms with van der Waals surface area (Å²) in [4.78, 5) is 23.1. The number of aryl methyl sites for hydroxylation is 2. The van der Waals surface area contributed by atoms with Crippen LogP contribution >= 0.6 is 0 Å². The maximum absolute atomic E-state index is 11.8. The Labute approximate surface area is 111 Å². The molecule has 0 fully saturated rings. The van der Waals surface area contributed by atoms with Gasteiger partial charge in [0.15, 0.2) is 12.3 Å². The molecular weight excluding hydrogens is 250 g/mol. The van der Waals surface area contributed by atoms with E-state index in [1.165, 1.54) is 4.68 Å². The van der Waals surface area contributed by atoms with Crippen LogP contribution in [0.3, 0.4) is 0 Å². The Morgan fingerprint density at radius 3 is 2.53 bits per heavy atom. The number of hydrogen-bond acceptors (Lipinski definition) is 6. The molecule has 0 spiro atoms. The molecule has 0 saturated heterocycles. The number of aromatic nitrogens is 2. The Hall–Kier alpha value is -2.05. The molecule has 1 heterocycles. The number of nitrogens with two attached hydrogens (primary N) is 1. The van der Waals surface area contributed by atoms with Crippen LogP contribution in [0, 0.1) is 0 Å². The second-order valence-corrected chi connectivity index (χ2v) is 4.30. The average Bonchev–Trinajstić information content (AvgIpc) is 2.60. The van der Waals surface area contributed by atoms with Crippen molar-refractivity contribution in [2.24, 2.45) is 7.05 Å². The van der Waals surface area contributed by atoms with Gasteiger partial charge in [-0.25, -0.2) is 9.59 Å². The molecule has 0 aliphatic rings. The van der Waals surface area contributed by atoms with E-state index in [2.05, 4.69) is 5.10 Å². The Morgan fingerprint density at radius 2 is 2.05 bits per heavy atom. The first-order chi connectivity index (χ1) is 8.86. The Morgan fingerprint density at radius 1 is 1.42 bits per heavy atom. The molecule has 0 aliphatic heterocycles. The fourth-order valence-corrected chi connectivity index (χ4v) is 1.59. The van der Waals surface area contributed by atoms with Crippen molar-refractivity contribution in [3.8, 4) is 0 Å². The zero-order chi connectivity index (χ0) is 14.6. The van der Waals surface area contributed by atoms with Gasteiger partial charge in [0, 0.05) is 7.05 Å². The van der Waals surface area contributed by atoms with E-state index in [9.17, 15) is 9.59 Å². The summed E-state index contributed by atoms with van der Waals surface area (Å²) >= 11 is 0. The van der Waals surface area contributed by atoms with Crippen LogP contribution in [0.4, 0.5) is 5.69 Å². The van der Waals surface area contributed by atoms with E-state index in [4.69, 9.17) is 15.2 Å². The van der Waals surface area contributed by atoms with Gasteiger partial charge in [0.25, 0.3) is 0 Å². The molecule has 19 heavy (non-hydrogen) atoms. The number of carbonyl (C=O) groups is 2. The summed E-state index contributed by atoms with van der Waals surface area (Å²) < 4.78 is 11.1. The van der Waals surface area contributed by atoms with E-state index in [0.29, 0.717) is 12.1 Å². The molecular formula is C12H19N3O4. The van der Waals surface area contributed by atoms with Gasteiger partial charge >= 0.3 is 11.9 Å². The average molecular weight is 269 g/mol. The van der Waals surface area contributed by atoms with Crippen LogP contribution in [0.2, 0.25) is 0 Å². The molecule has 1 aromatic heterocycles. The number of nitrogen functional groups attached to an aromatic ring is 1. The van der Waals surface area contributed by atoms with E-state index in [-0.39, 0.29) is 17.5 Å². The highest BCUT2D eigenvalue weighted by molar-refractivity contribution is 5.94. The zero-order valence-electron chi connectivity index (χ0n) is 11.6. The summed E-state index contributed by atoms with van der Waals surface area (Å²) in [5, 5.41) is 4.10. The maximum atomic E-state index is 11.8. The van der Waals surface area contributed by atoms with Gasteiger partial charge in [-0.2, -0.15) is 5.10 Å². The van der Waals surface area contributed by atoms with Crippen LogP contribution in [-0.2, 0) is 27.7 Å². The third-order valence-electron chi connectivity index (χ3n) is 2.38. The summed E-state index contributed by atoms with van der Waals surface area (Å²) in [6.45, 7) is 4.87. The van der Waals surface area contributed by atoms with Crippen molar-refractivity contribution in [1.29, 1.82) is 0 Å². The van der Waals surface area contributed by atoms with Gasteiger partial charge < -0.3 is 15.2 Å². The number of esters is 2. The fraction of sp³-hybridized carbons (Fsp3) is 0.583. The molecule has 7 nitrogen and oxygen atoms in total. The van der Waals surface area contributed by atoms with Gasteiger partial charge in [0.1, 0.15) is 0 Å². The third kappa shape index (κ3) is 3.70. The van der Waals surface area contributed by atoms with Crippen LogP contribution in [0.25, 0.3) is 0 Å². The van der Waals surface area contributed by atoms with Crippen LogP contribution < -0.4 is 5.73 Å². The fourth-order valence-electron chi connectivity index (χ4n) is 1.59. The SMILES string of the molecule is CCc1nn(C)c(C(=O)OCC(=O)OC(C)C)c1N. The molecule has 0 amide bonds. The minimum atomic E-state index is -0.687. The van der Waals surface area contributed by atoms with Gasteiger partial charge in [0.2, 0.25) is 0 Å². The summed E-state index contributed by atoms with van der Waals surface area (Å²) in [5.41, 5.74) is 6.86. The summed E-state index contributed by atoms with van der Waals surface area (Å²) in [6, 6.07) is 0. The van der Waals surface area contributed by atoms with Crippen molar-refractivity contribution < 1.29 is 19.1 Å². The normalized spacial score (nSPS) is 10.6. The molecule has 106 valence electrons. The smallest absolute Gasteiger partial charge is 0.359 e. The van der Waals surface area contributed by atoms with Gasteiger partial charge in [-0.3, -0.25) is 4.68 Å². The number of nitrogens with zero attached hydrogens (tertiary/aromatic N) is 2. The Balaban J connectivity index is 2.69. The second kappa shape index (κ2) is 6.21. The summed E-state index contributed by atoms with van der Waals surface area (Å²) in [6.07, 6.45) is 0.363. The lowest BCUT2D eigenvalue weighted by atomic mass is 10.2. The van der Waals surface area contributed by atoms with Crippen LogP contribution in [0.5, 0.6) is 0 Å². The van der Waals surface area contributed by atoms with Gasteiger partial charge in [-0.05, 0) is 20.3 Å². The summed E-state index contributed by atoms with van der Waals surface area (Å²) in [7, 11) is 1.60. The van der Waals surface area contributed by atoms with E-state index < -0.39 is 18.5 Å².